The first-order chi connectivity index (χ1) is 7.37. The second-order valence-corrected chi connectivity index (χ2v) is 5.47. The van der Waals surface area contributed by atoms with Crippen LogP contribution >= 0.6 is 0 Å². The molecule has 0 spiro atoms. The van der Waals surface area contributed by atoms with Crippen LogP contribution in [0.15, 0.2) is 0 Å². The van der Waals surface area contributed by atoms with Crippen molar-refractivity contribution in [1.82, 2.24) is 10.6 Å². The van der Waals surface area contributed by atoms with Crippen molar-refractivity contribution < 1.29 is 9.90 Å². The van der Waals surface area contributed by atoms with E-state index >= 15 is 0 Å². The molecule has 3 N–H and O–H groups in total. The number of aliphatic hydroxyl groups is 1. The van der Waals surface area contributed by atoms with Crippen LogP contribution in [0, 0.1) is 0 Å². The number of amides is 1. The van der Waals surface area contributed by atoms with E-state index in [1.165, 1.54) is 0 Å². The summed E-state index contributed by atoms with van der Waals surface area (Å²) in [6.45, 7) is 6.86. The fraction of sp³-hybridized carbons (Fsp3) is 0.917. The van der Waals surface area contributed by atoms with Crippen molar-refractivity contribution >= 4 is 5.91 Å². The van der Waals surface area contributed by atoms with E-state index in [0.29, 0.717) is 6.54 Å². The number of carbonyl (C=O) groups is 1. The number of carbonyl (C=O) groups excluding carboxylic acids is 1. The van der Waals surface area contributed by atoms with E-state index in [9.17, 15) is 9.90 Å². The van der Waals surface area contributed by atoms with E-state index < -0.39 is 5.60 Å². The van der Waals surface area contributed by atoms with E-state index in [1.807, 2.05) is 20.8 Å². The lowest BCUT2D eigenvalue weighted by molar-refractivity contribution is -0.122. The van der Waals surface area contributed by atoms with Gasteiger partial charge in [-0.05, 0) is 39.5 Å². The van der Waals surface area contributed by atoms with Crippen molar-refractivity contribution in [3.8, 4) is 0 Å². The van der Waals surface area contributed by atoms with Crippen LogP contribution in [0.4, 0.5) is 0 Å². The van der Waals surface area contributed by atoms with Crippen LogP contribution in [0.1, 0.15) is 46.5 Å². The maximum Gasteiger partial charge on any atom is 0.234 e. The topological polar surface area (TPSA) is 61.4 Å². The fourth-order valence-electron chi connectivity index (χ4n) is 1.68. The van der Waals surface area contributed by atoms with Gasteiger partial charge in [-0.3, -0.25) is 4.79 Å². The molecule has 0 bridgehead atoms. The Balaban J connectivity index is 2.15. The molecule has 1 fully saturated rings. The summed E-state index contributed by atoms with van der Waals surface area (Å²) in [6.07, 6.45) is 3.69. The molecule has 0 aromatic rings. The molecule has 1 aliphatic carbocycles. The van der Waals surface area contributed by atoms with Crippen LogP contribution in [0.5, 0.6) is 0 Å². The van der Waals surface area contributed by atoms with E-state index in [0.717, 1.165) is 25.7 Å². The third kappa shape index (κ3) is 4.10. The number of hydrogen-bond donors (Lipinski definition) is 3. The summed E-state index contributed by atoms with van der Waals surface area (Å²) < 4.78 is 0. The van der Waals surface area contributed by atoms with E-state index in [1.54, 1.807) is 0 Å². The molecule has 0 unspecified atom stereocenters. The van der Waals surface area contributed by atoms with Gasteiger partial charge in [-0.1, -0.05) is 6.92 Å². The van der Waals surface area contributed by atoms with Gasteiger partial charge in [0.15, 0.2) is 0 Å². The van der Waals surface area contributed by atoms with Crippen molar-refractivity contribution in [2.75, 3.05) is 13.1 Å². The fourth-order valence-corrected chi connectivity index (χ4v) is 1.68. The second-order valence-electron chi connectivity index (χ2n) is 5.47. The van der Waals surface area contributed by atoms with E-state index in [2.05, 4.69) is 10.6 Å². The minimum atomic E-state index is -0.555. The van der Waals surface area contributed by atoms with Crippen molar-refractivity contribution in [2.45, 2.75) is 57.6 Å². The Bertz CT molecular complexity index is 247. The Morgan fingerprint density at radius 3 is 2.50 bits per heavy atom. The minimum absolute atomic E-state index is 0.00484. The Hall–Kier alpha value is -0.610. The smallest absolute Gasteiger partial charge is 0.234 e. The van der Waals surface area contributed by atoms with Crippen LogP contribution < -0.4 is 10.6 Å². The van der Waals surface area contributed by atoms with Gasteiger partial charge in [-0.2, -0.15) is 0 Å². The van der Waals surface area contributed by atoms with Gasteiger partial charge in [0.25, 0.3) is 0 Å². The zero-order valence-corrected chi connectivity index (χ0v) is 10.6. The first-order valence-corrected chi connectivity index (χ1v) is 6.11. The summed E-state index contributed by atoms with van der Waals surface area (Å²) in [5, 5.41) is 15.8. The quantitative estimate of drug-likeness (QED) is 0.630. The Morgan fingerprint density at radius 2 is 2.06 bits per heavy atom. The molecule has 94 valence electrons. The normalized spacial score (nSPS) is 19.0. The molecule has 0 heterocycles. The molecule has 0 aliphatic heterocycles. The third-order valence-electron chi connectivity index (χ3n) is 3.39. The predicted octanol–water partition coefficient (Wildman–Crippen LogP) is 0.796. The molecule has 4 heteroatoms. The molecule has 0 radical (unpaired) electrons. The molecular weight excluding hydrogens is 204 g/mol. The molecule has 16 heavy (non-hydrogen) atoms. The standard InChI is InChI=1S/C12H24N2O2/c1-4-11(2,3)14-10(15)8-13-9-12(16)6-5-7-12/h13,16H,4-9H2,1-3H3,(H,14,15). The van der Waals surface area contributed by atoms with Crippen LogP contribution in [0.3, 0.4) is 0 Å². The zero-order valence-electron chi connectivity index (χ0n) is 10.6. The predicted molar refractivity (Wildman–Crippen MR) is 64.2 cm³/mol. The lowest BCUT2D eigenvalue weighted by Crippen LogP contribution is -2.51. The lowest BCUT2D eigenvalue weighted by atomic mass is 9.80. The van der Waals surface area contributed by atoms with Gasteiger partial charge >= 0.3 is 0 Å². The molecule has 1 aliphatic rings. The number of rotatable bonds is 6. The summed E-state index contributed by atoms with van der Waals surface area (Å²) >= 11 is 0. The maximum absolute atomic E-state index is 11.6. The van der Waals surface area contributed by atoms with Crippen LogP contribution in [-0.4, -0.2) is 35.2 Å². The van der Waals surface area contributed by atoms with Gasteiger partial charge in [0.1, 0.15) is 0 Å². The van der Waals surface area contributed by atoms with Crippen molar-refractivity contribution in [3.63, 3.8) is 0 Å². The Kier molecular flexibility index (Phi) is 4.33. The molecule has 0 atom stereocenters. The highest BCUT2D eigenvalue weighted by atomic mass is 16.3. The average Bonchev–Trinajstić information content (AvgIpc) is 2.14. The van der Waals surface area contributed by atoms with Gasteiger partial charge in [0.2, 0.25) is 5.91 Å². The summed E-state index contributed by atoms with van der Waals surface area (Å²) in [5.41, 5.74) is -0.702. The molecule has 1 saturated carbocycles. The number of nitrogens with one attached hydrogen (secondary N) is 2. The monoisotopic (exact) mass is 228 g/mol. The largest absolute Gasteiger partial charge is 0.389 e. The van der Waals surface area contributed by atoms with Crippen molar-refractivity contribution in [1.29, 1.82) is 0 Å². The molecule has 0 aromatic heterocycles. The second kappa shape index (κ2) is 5.15. The van der Waals surface area contributed by atoms with Gasteiger partial charge in [-0.25, -0.2) is 0 Å². The average molecular weight is 228 g/mol. The van der Waals surface area contributed by atoms with Gasteiger partial charge in [0.05, 0.1) is 12.1 Å². The molecule has 4 nitrogen and oxygen atoms in total. The summed E-state index contributed by atoms with van der Waals surface area (Å²) in [5.74, 6) is -0.00484. The molecular formula is C12H24N2O2. The highest BCUT2D eigenvalue weighted by Crippen LogP contribution is 2.30. The van der Waals surface area contributed by atoms with Gasteiger partial charge in [0, 0.05) is 12.1 Å². The molecule has 1 amide bonds. The maximum atomic E-state index is 11.6. The first kappa shape index (κ1) is 13.5. The first-order valence-electron chi connectivity index (χ1n) is 6.11. The highest BCUT2D eigenvalue weighted by Gasteiger charge is 2.33. The third-order valence-corrected chi connectivity index (χ3v) is 3.39. The van der Waals surface area contributed by atoms with E-state index in [-0.39, 0.29) is 18.0 Å². The molecule has 0 saturated heterocycles. The van der Waals surface area contributed by atoms with Crippen molar-refractivity contribution in [3.05, 3.63) is 0 Å². The Labute approximate surface area is 97.8 Å². The minimum Gasteiger partial charge on any atom is -0.389 e. The number of hydrogen-bond acceptors (Lipinski definition) is 3. The summed E-state index contributed by atoms with van der Waals surface area (Å²) in [6, 6.07) is 0. The SMILES string of the molecule is CCC(C)(C)NC(=O)CNCC1(O)CCC1. The molecule has 1 rings (SSSR count). The van der Waals surface area contributed by atoms with Crippen LogP contribution in [0.25, 0.3) is 0 Å². The highest BCUT2D eigenvalue weighted by molar-refractivity contribution is 5.78. The van der Waals surface area contributed by atoms with E-state index in [4.69, 9.17) is 0 Å². The van der Waals surface area contributed by atoms with Crippen molar-refractivity contribution in [2.24, 2.45) is 0 Å². The van der Waals surface area contributed by atoms with Crippen LogP contribution in [0.2, 0.25) is 0 Å². The van der Waals surface area contributed by atoms with Gasteiger partial charge < -0.3 is 15.7 Å². The zero-order chi connectivity index (χ0) is 12.2. The summed E-state index contributed by atoms with van der Waals surface area (Å²) in [7, 11) is 0. The van der Waals surface area contributed by atoms with Gasteiger partial charge in [-0.15, -0.1) is 0 Å². The lowest BCUT2D eigenvalue weighted by Gasteiger charge is -2.36. The summed E-state index contributed by atoms with van der Waals surface area (Å²) in [4.78, 5) is 11.6. The molecule has 0 aromatic carbocycles. The van der Waals surface area contributed by atoms with Crippen LogP contribution in [-0.2, 0) is 4.79 Å². The Morgan fingerprint density at radius 1 is 1.44 bits per heavy atom.